The van der Waals surface area contributed by atoms with Crippen molar-refractivity contribution >= 4 is 17.3 Å². The van der Waals surface area contributed by atoms with Crippen molar-refractivity contribution in [1.82, 2.24) is 4.98 Å². The van der Waals surface area contributed by atoms with Gasteiger partial charge in [0.05, 0.1) is 16.6 Å². The Kier molecular flexibility index (Phi) is 3.26. The summed E-state index contributed by atoms with van der Waals surface area (Å²) in [6.45, 7) is 5.47. The summed E-state index contributed by atoms with van der Waals surface area (Å²) in [5, 5.41) is 8.93. The van der Waals surface area contributed by atoms with E-state index in [0.29, 0.717) is 6.42 Å². The Balaban J connectivity index is 2.57. The molecule has 1 aromatic heterocycles. The van der Waals surface area contributed by atoms with Gasteiger partial charge in [-0.3, -0.25) is 4.79 Å². The predicted molar refractivity (Wildman–Crippen MR) is 56.6 cm³/mol. The smallest absolute Gasteiger partial charge is 0.309 e. The van der Waals surface area contributed by atoms with Crippen LogP contribution in [0, 0.1) is 12.3 Å². The first-order chi connectivity index (χ1) is 6.43. The summed E-state index contributed by atoms with van der Waals surface area (Å²) in [7, 11) is 0. The standard InChI is InChI=1S/C10H15NO2S/c1-7-8(14-6-11-7)4-5-10(2,3)9(12)13/h6H,4-5H2,1-3H3,(H,12,13). The minimum atomic E-state index is -0.736. The second-order valence-corrected chi connectivity index (χ2v) is 4.99. The Morgan fingerprint density at radius 1 is 1.64 bits per heavy atom. The van der Waals surface area contributed by atoms with E-state index in [0.717, 1.165) is 12.1 Å². The largest absolute Gasteiger partial charge is 0.481 e. The van der Waals surface area contributed by atoms with Crippen LogP contribution in [0.4, 0.5) is 0 Å². The van der Waals surface area contributed by atoms with Gasteiger partial charge in [-0.05, 0) is 33.6 Å². The maximum absolute atomic E-state index is 10.9. The molecule has 0 unspecified atom stereocenters. The first-order valence-electron chi connectivity index (χ1n) is 4.56. The van der Waals surface area contributed by atoms with Gasteiger partial charge in [0, 0.05) is 4.88 Å². The van der Waals surface area contributed by atoms with Gasteiger partial charge in [-0.25, -0.2) is 4.98 Å². The minimum Gasteiger partial charge on any atom is -0.481 e. The highest BCUT2D eigenvalue weighted by atomic mass is 32.1. The zero-order chi connectivity index (χ0) is 10.8. The molecule has 14 heavy (non-hydrogen) atoms. The lowest BCUT2D eigenvalue weighted by atomic mass is 9.88. The van der Waals surface area contributed by atoms with Crippen molar-refractivity contribution in [2.75, 3.05) is 0 Å². The summed E-state index contributed by atoms with van der Waals surface area (Å²) >= 11 is 1.60. The average molecular weight is 213 g/mol. The van der Waals surface area contributed by atoms with Gasteiger partial charge in [0.1, 0.15) is 0 Å². The first kappa shape index (κ1) is 11.2. The molecule has 0 radical (unpaired) electrons. The fourth-order valence-corrected chi connectivity index (χ4v) is 1.88. The zero-order valence-corrected chi connectivity index (χ0v) is 9.52. The van der Waals surface area contributed by atoms with Crippen molar-refractivity contribution in [2.45, 2.75) is 33.6 Å². The Morgan fingerprint density at radius 3 is 2.71 bits per heavy atom. The number of aliphatic carboxylic acids is 1. The number of hydrogen-bond acceptors (Lipinski definition) is 3. The Bertz CT molecular complexity index is 331. The van der Waals surface area contributed by atoms with Crippen LogP contribution in [0.15, 0.2) is 5.51 Å². The van der Waals surface area contributed by atoms with E-state index in [4.69, 9.17) is 5.11 Å². The molecule has 0 atom stereocenters. The van der Waals surface area contributed by atoms with Gasteiger partial charge >= 0.3 is 5.97 Å². The molecule has 1 aromatic rings. The molecule has 4 heteroatoms. The second kappa shape index (κ2) is 4.09. The van der Waals surface area contributed by atoms with Crippen LogP contribution < -0.4 is 0 Å². The third kappa shape index (κ3) is 2.54. The van der Waals surface area contributed by atoms with Gasteiger partial charge in [-0.15, -0.1) is 11.3 Å². The summed E-state index contributed by atoms with van der Waals surface area (Å²) in [5.74, 6) is -0.736. The maximum Gasteiger partial charge on any atom is 0.309 e. The van der Waals surface area contributed by atoms with Crippen LogP contribution in [0.3, 0.4) is 0 Å². The number of hydrogen-bond donors (Lipinski definition) is 1. The van der Waals surface area contributed by atoms with Crippen molar-refractivity contribution in [2.24, 2.45) is 5.41 Å². The Labute approximate surface area is 87.8 Å². The molecular weight excluding hydrogens is 198 g/mol. The highest BCUT2D eigenvalue weighted by Gasteiger charge is 2.26. The van der Waals surface area contributed by atoms with Gasteiger partial charge < -0.3 is 5.11 Å². The number of aromatic nitrogens is 1. The Morgan fingerprint density at radius 2 is 2.29 bits per heavy atom. The summed E-state index contributed by atoms with van der Waals surface area (Å²) in [6, 6.07) is 0. The molecule has 1 heterocycles. The van der Waals surface area contributed by atoms with E-state index in [1.165, 1.54) is 4.88 Å². The molecule has 0 spiro atoms. The summed E-state index contributed by atoms with van der Waals surface area (Å²) in [5.41, 5.74) is 2.19. The summed E-state index contributed by atoms with van der Waals surface area (Å²) in [4.78, 5) is 16.2. The van der Waals surface area contributed by atoms with Gasteiger partial charge in [-0.1, -0.05) is 0 Å². The molecule has 0 saturated heterocycles. The van der Waals surface area contributed by atoms with Crippen LogP contribution >= 0.6 is 11.3 Å². The van der Waals surface area contributed by atoms with E-state index >= 15 is 0 Å². The number of nitrogens with zero attached hydrogens (tertiary/aromatic N) is 1. The van der Waals surface area contributed by atoms with Crippen LogP contribution in [0.5, 0.6) is 0 Å². The van der Waals surface area contributed by atoms with Crippen LogP contribution in [0.1, 0.15) is 30.8 Å². The molecule has 0 saturated carbocycles. The van der Waals surface area contributed by atoms with Gasteiger partial charge in [0.25, 0.3) is 0 Å². The average Bonchev–Trinajstić information content (AvgIpc) is 2.47. The lowest BCUT2D eigenvalue weighted by Gasteiger charge is -2.18. The number of carboxylic acid groups (broad SMARTS) is 1. The lowest BCUT2D eigenvalue weighted by Crippen LogP contribution is -2.24. The van der Waals surface area contributed by atoms with Gasteiger partial charge in [0.2, 0.25) is 0 Å². The highest BCUT2D eigenvalue weighted by molar-refractivity contribution is 7.09. The second-order valence-electron chi connectivity index (χ2n) is 4.05. The van der Waals surface area contributed by atoms with E-state index in [1.54, 1.807) is 30.7 Å². The molecule has 0 aromatic carbocycles. The van der Waals surface area contributed by atoms with Gasteiger partial charge in [-0.2, -0.15) is 0 Å². The number of carbonyl (C=O) groups is 1. The van der Waals surface area contributed by atoms with Crippen molar-refractivity contribution in [3.63, 3.8) is 0 Å². The van der Waals surface area contributed by atoms with Crippen LogP contribution in [0.2, 0.25) is 0 Å². The molecule has 0 bridgehead atoms. The number of thiazole rings is 1. The predicted octanol–water partition coefficient (Wildman–Crippen LogP) is 2.49. The molecule has 78 valence electrons. The summed E-state index contributed by atoms with van der Waals surface area (Å²) < 4.78 is 0. The number of rotatable bonds is 4. The van der Waals surface area contributed by atoms with E-state index in [-0.39, 0.29) is 0 Å². The summed E-state index contributed by atoms with van der Waals surface area (Å²) in [6.07, 6.45) is 1.46. The van der Waals surface area contributed by atoms with E-state index in [1.807, 2.05) is 6.92 Å². The molecule has 0 aliphatic heterocycles. The third-order valence-corrected chi connectivity index (χ3v) is 3.40. The third-order valence-electron chi connectivity index (χ3n) is 2.40. The van der Waals surface area contributed by atoms with Crippen molar-refractivity contribution in [3.8, 4) is 0 Å². The van der Waals surface area contributed by atoms with Crippen LogP contribution in [-0.4, -0.2) is 16.1 Å². The molecular formula is C10H15NO2S. The van der Waals surface area contributed by atoms with E-state index in [2.05, 4.69) is 4.98 Å². The van der Waals surface area contributed by atoms with Crippen molar-refractivity contribution in [1.29, 1.82) is 0 Å². The molecule has 0 aliphatic carbocycles. The topological polar surface area (TPSA) is 50.2 Å². The molecule has 0 amide bonds. The Hall–Kier alpha value is -0.900. The number of aryl methyl sites for hydroxylation is 2. The molecule has 1 N–H and O–H groups in total. The lowest BCUT2D eigenvalue weighted by molar-refractivity contribution is -0.147. The fraction of sp³-hybridized carbons (Fsp3) is 0.600. The van der Waals surface area contributed by atoms with E-state index < -0.39 is 11.4 Å². The van der Waals surface area contributed by atoms with Crippen LogP contribution in [-0.2, 0) is 11.2 Å². The van der Waals surface area contributed by atoms with E-state index in [9.17, 15) is 4.79 Å². The number of carboxylic acids is 1. The first-order valence-corrected chi connectivity index (χ1v) is 5.44. The SMILES string of the molecule is Cc1ncsc1CCC(C)(C)C(=O)O. The van der Waals surface area contributed by atoms with Crippen molar-refractivity contribution < 1.29 is 9.90 Å². The molecule has 1 rings (SSSR count). The highest BCUT2D eigenvalue weighted by Crippen LogP contribution is 2.25. The molecule has 0 aliphatic rings. The molecule has 0 fully saturated rings. The monoisotopic (exact) mass is 213 g/mol. The quantitative estimate of drug-likeness (QED) is 0.836. The fourth-order valence-electron chi connectivity index (χ4n) is 1.10. The maximum atomic E-state index is 10.9. The van der Waals surface area contributed by atoms with Gasteiger partial charge in [0.15, 0.2) is 0 Å². The minimum absolute atomic E-state index is 0.642. The normalized spacial score (nSPS) is 11.6. The van der Waals surface area contributed by atoms with Crippen LogP contribution in [0.25, 0.3) is 0 Å². The zero-order valence-electron chi connectivity index (χ0n) is 8.70. The molecule has 3 nitrogen and oxygen atoms in total. The van der Waals surface area contributed by atoms with Crippen molar-refractivity contribution in [3.05, 3.63) is 16.1 Å².